The molecule has 0 amide bonds. The first kappa shape index (κ1) is 21.1. The summed E-state index contributed by atoms with van der Waals surface area (Å²) in [4.78, 5) is 10.2. The van der Waals surface area contributed by atoms with Crippen molar-refractivity contribution in [3.05, 3.63) is 60.8 Å². The van der Waals surface area contributed by atoms with Gasteiger partial charge in [0, 0.05) is 5.97 Å². The van der Waals surface area contributed by atoms with Gasteiger partial charge in [0.15, 0.2) is 0 Å². The Morgan fingerprint density at radius 3 is 2.30 bits per heavy atom. The van der Waals surface area contributed by atoms with E-state index in [1.807, 2.05) is 24.3 Å². The molecule has 0 aromatic carbocycles. The Morgan fingerprint density at radius 1 is 1.00 bits per heavy atom. The van der Waals surface area contributed by atoms with Gasteiger partial charge in [-0.15, -0.1) is 0 Å². The van der Waals surface area contributed by atoms with Crippen LogP contribution in [0.25, 0.3) is 0 Å². The normalized spacial score (nSPS) is 14.2. The zero-order valence-electron chi connectivity index (χ0n) is 14.1. The predicted octanol–water partition coefficient (Wildman–Crippen LogP) is 3.63. The topological polar surface area (TPSA) is 60.4 Å². The Balaban J connectivity index is 3.68. The van der Waals surface area contributed by atoms with Crippen LogP contribution in [0.1, 0.15) is 51.9 Å². The lowest BCUT2D eigenvalue weighted by atomic mass is 10.2. The molecular formula is C20H29O3-. The van der Waals surface area contributed by atoms with Crippen LogP contribution in [0, 0.1) is 0 Å². The Kier molecular flexibility index (Phi) is 15.2. The van der Waals surface area contributed by atoms with E-state index in [-0.39, 0.29) is 6.42 Å². The maximum Gasteiger partial charge on any atom is 0.0758 e. The third kappa shape index (κ3) is 18.1. The van der Waals surface area contributed by atoms with Crippen LogP contribution in [0.3, 0.4) is 0 Å². The lowest BCUT2D eigenvalue weighted by Gasteiger charge is -1.99. The first-order chi connectivity index (χ1) is 11.2. The molecule has 0 saturated carbocycles. The van der Waals surface area contributed by atoms with Crippen LogP contribution in [0.2, 0.25) is 0 Å². The molecule has 3 nitrogen and oxygen atoms in total. The van der Waals surface area contributed by atoms with Crippen LogP contribution in [-0.2, 0) is 4.79 Å². The fourth-order valence-corrected chi connectivity index (χ4v) is 1.75. The third-order valence-electron chi connectivity index (χ3n) is 2.99. The summed E-state index contributed by atoms with van der Waals surface area (Å²) in [5.74, 6) is -1.01. The Labute approximate surface area is 140 Å². The summed E-state index contributed by atoms with van der Waals surface area (Å²) in [7, 11) is 0. The van der Waals surface area contributed by atoms with Crippen molar-refractivity contribution in [3.8, 4) is 0 Å². The minimum atomic E-state index is -1.01. The number of unbranched alkanes of at least 4 members (excludes halogenated alkanes) is 1. The smallest absolute Gasteiger partial charge is 0.0758 e. The third-order valence-corrected chi connectivity index (χ3v) is 2.99. The van der Waals surface area contributed by atoms with Crippen LogP contribution < -0.4 is 5.11 Å². The molecule has 0 aromatic rings. The number of allylic oxidation sites excluding steroid dienone is 8. The Bertz CT molecular complexity index is 428. The fourth-order valence-electron chi connectivity index (χ4n) is 1.75. The molecule has 1 N–H and O–H groups in total. The van der Waals surface area contributed by atoms with Gasteiger partial charge in [-0.25, -0.2) is 0 Å². The number of aliphatic hydroxyl groups excluding tert-OH is 1. The predicted molar refractivity (Wildman–Crippen MR) is 94.7 cm³/mol. The number of carboxylic acid groups (broad SMARTS) is 1. The van der Waals surface area contributed by atoms with E-state index >= 15 is 0 Å². The molecule has 0 heterocycles. The monoisotopic (exact) mass is 317 g/mol. The second kappa shape index (κ2) is 16.5. The lowest BCUT2D eigenvalue weighted by molar-refractivity contribution is -0.305. The number of rotatable bonds is 13. The Morgan fingerprint density at radius 2 is 1.65 bits per heavy atom. The summed E-state index contributed by atoms with van der Waals surface area (Å²) in [6.45, 7) is 2.12. The molecule has 0 bridgehead atoms. The fraction of sp³-hybridized carbons (Fsp3) is 0.450. The lowest BCUT2D eigenvalue weighted by Crippen LogP contribution is -2.21. The van der Waals surface area contributed by atoms with E-state index in [1.54, 1.807) is 12.2 Å². The van der Waals surface area contributed by atoms with Crippen molar-refractivity contribution >= 4 is 5.97 Å². The van der Waals surface area contributed by atoms with Gasteiger partial charge in [0.05, 0.1) is 6.10 Å². The van der Waals surface area contributed by atoms with Crippen molar-refractivity contribution < 1.29 is 15.0 Å². The summed E-state index contributed by atoms with van der Waals surface area (Å²) >= 11 is 0. The maximum atomic E-state index is 10.2. The van der Waals surface area contributed by atoms with Gasteiger partial charge in [-0.3, -0.25) is 0 Å². The summed E-state index contributed by atoms with van der Waals surface area (Å²) in [5.41, 5.74) is 0. The summed E-state index contributed by atoms with van der Waals surface area (Å²) < 4.78 is 0. The molecule has 3 heteroatoms. The largest absolute Gasteiger partial charge is 0.550 e. The first-order valence-electron chi connectivity index (χ1n) is 8.33. The van der Waals surface area contributed by atoms with Gasteiger partial charge in [-0.05, 0) is 44.9 Å². The molecule has 0 aromatic heterocycles. The second-order valence-corrected chi connectivity index (χ2v) is 5.17. The van der Waals surface area contributed by atoms with Gasteiger partial charge in [-0.1, -0.05) is 67.7 Å². The van der Waals surface area contributed by atoms with E-state index in [2.05, 4.69) is 31.2 Å². The molecule has 0 aliphatic carbocycles. The van der Waals surface area contributed by atoms with Crippen LogP contribution in [0.5, 0.6) is 0 Å². The number of aliphatic hydroxyl groups is 1. The van der Waals surface area contributed by atoms with Gasteiger partial charge in [0.25, 0.3) is 0 Å². The molecule has 0 spiro atoms. The van der Waals surface area contributed by atoms with Gasteiger partial charge < -0.3 is 15.0 Å². The standard InChI is InChI=1S/C20H30O3/c1-2-3-4-5-6-7-8-10-13-16-19(21)17-14-11-9-12-15-18-20(22)23/h3-4,6-7,9-11,13-14,17,19,21H,2,5,8,12,15-16,18H2,1H3,(H,22,23)/p-1/b4-3-,7-6-,11-9-,13-10-,17-14+. The number of carbonyl (C=O) groups excluding carboxylic acids is 1. The minimum absolute atomic E-state index is 0.0881. The SMILES string of the molecule is CC/C=C\C/C=C\C/C=C\CC(O)/C=C/C=C\CCCC(=O)[O-]. The maximum absolute atomic E-state index is 10.2. The summed E-state index contributed by atoms with van der Waals surface area (Å²) in [6.07, 6.45) is 24.2. The highest BCUT2D eigenvalue weighted by molar-refractivity contribution is 5.64. The molecule has 0 rings (SSSR count). The molecule has 23 heavy (non-hydrogen) atoms. The minimum Gasteiger partial charge on any atom is -0.550 e. The van der Waals surface area contributed by atoms with Crippen LogP contribution in [-0.4, -0.2) is 17.2 Å². The van der Waals surface area contributed by atoms with Crippen molar-refractivity contribution in [3.63, 3.8) is 0 Å². The number of carboxylic acids is 1. The molecule has 1 atom stereocenters. The molecule has 1 unspecified atom stereocenters. The van der Waals surface area contributed by atoms with Gasteiger partial charge in [0.1, 0.15) is 0 Å². The van der Waals surface area contributed by atoms with Crippen LogP contribution in [0.4, 0.5) is 0 Å². The summed E-state index contributed by atoms with van der Waals surface area (Å²) in [5, 5.41) is 19.9. The van der Waals surface area contributed by atoms with Gasteiger partial charge >= 0.3 is 0 Å². The van der Waals surface area contributed by atoms with Crippen LogP contribution in [0.15, 0.2) is 60.8 Å². The van der Waals surface area contributed by atoms with Crippen molar-refractivity contribution in [1.29, 1.82) is 0 Å². The van der Waals surface area contributed by atoms with Crippen molar-refractivity contribution in [2.24, 2.45) is 0 Å². The highest BCUT2D eigenvalue weighted by Gasteiger charge is 1.92. The highest BCUT2D eigenvalue weighted by atomic mass is 16.4. The van der Waals surface area contributed by atoms with Crippen LogP contribution >= 0.6 is 0 Å². The van der Waals surface area contributed by atoms with E-state index in [1.165, 1.54) is 0 Å². The average molecular weight is 317 g/mol. The quantitative estimate of drug-likeness (QED) is 0.320. The number of aliphatic carboxylic acids is 1. The summed E-state index contributed by atoms with van der Waals surface area (Å²) in [6, 6.07) is 0. The van der Waals surface area contributed by atoms with Gasteiger partial charge in [-0.2, -0.15) is 0 Å². The van der Waals surface area contributed by atoms with Crippen molar-refractivity contribution in [1.82, 2.24) is 0 Å². The van der Waals surface area contributed by atoms with Gasteiger partial charge in [0.2, 0.25) is 0 Å². The molecule has 0 fully saturated rings. The number of carbonyl (C=O) groups is 1. The molecular weight excluding hydrogens is 288 g/mol. The number of hydrogen-bond acceptors (Lipinski definition) is 3. The Hall–Kier alpha value is -1.87. The first-order valence-corrected chi connectivity index (χ1v) is 8.33. The van der Waals surface area contributed by atoms with E-state index in [9.17, 15) is 15.0 Å². The molecule has 0 saturated heterocycles. The second-order valence-electron chi connectivity index (χ2n) is 5.17. The zero-order valence-corrected chi connectivity index (χ0v) is 14.1. The number of hydrogen-bond donors (Lipinski definition) is 1. The van der Waals surface area contributed by atoms with E-state index in [0.29, 0.717) is 19.3 Å². The average Bonchev–Trinajstić information content (AvgIpc) is 2.52. The van der Waals surface area contributed by atoms with Crippen molar-refractivity contribution in [2.75, 3.05) is 0 Å². The molecule has 0 aliphatic heterocycles. The molecule has 0 aliphatic rings. The van der Waals surface area contributed by atoms with E-state index in [0.717, 1.165) is 19.3 Å². The molecule has 0 radical (unpaired) electrons. The van der Waals surface area contributed by atoms with E-state index < -0.39 is 12.1 Å². The molecule has 128 valence electrons. The zero-order chi connectivity index (χ0) is 17.2. The van der Waals surface area contributed by atoms with E-state index in [4.69, 9.17) is 0 Å². The van der Waals surface area contributed by atoms with Crippen molar-refractivity contribution in [2.45, 2.75) is 58.0 Å². The highest BCUT2D eigenvalue weighted by Crippen LogP contribution is 2.00.